The minimum atomic E-state index is -0.162. The summed E-state index contributed by atoms with van der Waals surface area (Å²) in [5.74, 6) is 1.23. The van der Waals surface area contributed by atoms with Gasteiger partial charge in [0.2, 0.25) is 5.78 Å². The summed E-state index contributed by atoms with van der Waals surface area (Å²) in [4.78, 5) is 12.6. The van der Waals surface area contributed by atoms with E-state index in [-0.39, 0.29) is 11.5 Å². The molecule has 1 heterocycles. The van der Waals surface area contributed by atoms with Crippen LogP contribution in [0.3, 0.4) is 0 Å². The summed E-state index contributed by atoms with van der Waals surface area (Å²) in [6.07, 6.45) is 5.60. The minimum absolute atomic E-state index is 0.162. The van der Waals surface area contributed by atoms with Gasteiger partial charge in [-0.15, -0.1) is 0 Å². The molecular weight excluding hydrogens is 372 g/mol. The van der Waals surface area contributed by atoms with Crippen molar-refractivity contribution in [3.05, 3.63) is 106 Å². The molecule has 3 nitrogen and oxygen atoms in total. The molecule has 3 aromatic rings. The Morgan fingerprint density at radius 2 is 1.75 bits per heavy atom. The number of carbonyl (C=O) groups excluding carboxylic acids is 1. The summed E-state index contributed by atoms with van der Waals surface area (Å²) in [7, 11) is 0. The average Bonchev–Trinajstić information content (AvgIpc) is 3.03. The van der Waals surface area contributed by atoms with Crippen molar-refractivity contribution in [1.29, 1.82) is 0 Å². The largest absolute Gasteiger partial charge is 0.489 e. The van der Waals surface area contributed by atoms with E-state index in [1.54, 1.807) is 30.3 Å². The third-order valence-corrected chi connectivity index (χ3v) is 4.63. The topological polar surface area (TPSA) is 35.5 Å². The summed E-state index contributed by atoms with van der Waals surface area (Å²) >= 11 is 6.16. The monoisotopic (exact) mass is 388 g/mol. The van der Waals surface area contributed by atoms with Crippen molar-refractivity contribution in [3.8, 4) is 11.5 Å². The van der Waals surface area contributed by atoms with Crippen molar-refractivity contribution in [3.63, 3.8) is 0 Å². The van der Waals surface area contributed by atoms with E-state index in [4.69, 9.17) is 21.1 Å². The van der Waals surface area contributed by atoms with Gasteiger partial charge < -0.3 is 9.47 Å². The zero-order chi connectivity index (χ0) is 19.3. The van der Waals surface area contributed by atoms with Crippen LogP contribution in [-0.4, -0.2) is 12.4 Å². The molecule has 0 saturated carbocycles. The number of ketones is 1. The lowest BCUT2D eigenvalue weighted by molar-refractivity contribution is 0.101. The maximum absolute atomic E-state index is 12.6. The van der Waals surface area contributed by atoms with Gasteiger partial charge in [-0.25, -0.2) is 0 Å². The maximum atomic E-state index is 12.6. The van der Waals surface area contributed by atoms with Gasteiger partial charge in [-0.2, -0.15) is 0 Å². The van der Waals surface area contributed by atoms with Crippen LogP contribution in [0.5, 0.6) is 11.5 Å². The number of hydrogen-bond donors (Lipinski definition) is 0. The van der Waals surface area contributed by atoms with Gasteiger partial charge in [-0.1, -0.05) is 66.2 Å². The normalized spacial score (nSPS) is 14.3. The van der Waals surface area contributed by atoms with Crippen molar-refractivity contribution >= 4 is 29.5 Å². The van der Waals surface area contributed by atoms with Crippen LogP contribution in [0.2, 0.25) is 5.02 Å². The number of fused-ring (bicyclic) bond motifs is 1. The number of allylic oxidation sites excluding steroid dienone is 1. The Morgan fingerprint density at radius 1 is 0.964 bits per heavy atom. The number of carbonyl (C=O) groups is 1. The Hall–Kier alpha value is -3.30. The number of Topliss-reactive ketones (excluding diaryl/α,β-unsaturated/α-hetero) is 1. The second-order valence-corrected chi connectivity index (χ2v) is 6.65. The highest BCUT2D eigenvalue weighted by Crippen LogP contribution is 2.35. The van der Waals surface area contributed by atoms with Gasteiger partial charge in [-0.3, -0.25) is 4.79 Å². The van der Waals surface area contributed by atoms with Gasteiger partial charge in [0, 0.05) is 11.1 Å². The van der Waals surface area contributed by atoms with Crippen LogP contribution in [0.4, 0.5) is 0 Å². The van der Waals surface area contributed by atoms with Crippen LogP contribution in [0.1, 0.15) is 21.5 Å². The van der Waals surface area contributed by atoms with Crippen LogP contribution in [0, 0.1) is 0 Å². The average molecular weight is 389 g/mol. The summed E-state index contributed by atoms with van der Waals surface area (Å²) in [5.41, 5.74) is 2.37. The second-order valence-electron chi connectivity index (χ2n) is 6.24. The Labute approximate surface area is 168 Å². The van der Waals surface area contributed by atoms with E-state index in [1.165, 1.54) is 0 Å². The summed E-state index contributed by atoms with van der Waals surface area (Å²) in [5, 5.41) is 0.566. The molecule has 0 N–H and O–H groups in total. The van der Waals surface area contributed by atoms with Crippen LogP contribution in [0.15, 0.2) is 84.6 Å². The smallest absolute Gasteiger partial charge is 0.231 e. The number of halogens is 1. The van der Waals surface area contributed by atoms with Crippen LogP contribution in [0.25, 0.3) is 12.2 Å². The molecule has 0 fully saturated rings. The summed E-state index contributed by atoms with van der Waals surface area (Å²) in [6, 6.07) is 22.5. The van der Waals surface area contributed by atoms with Gasteiger partial charge in [0.25, 0.3) is 0 Å². The number of benzene rings is 3. The van der Waals surface area contributed by atoms with Crippen molar-refractivity contribution in [2.45, 2.75) is 0 Å². The molecule has 1 aliphatic rings. The Kier molecular flexibility index (Phi) is 5.27. The number of hydrogen-bond acceptors (Lipinski definition) is 3. The zero-order valence-corrected chi connectivity index (χ0v) is 15.7. The quantitative estimate of drug-likeness (QED) is 0.499. The minimum Gasteiger partial charge on any atom is -0.489 e. The van der Waals surface area contributed by atoms with Crippen LogP contribution in [-0.2, 0) is 0 Å². The Morgan fingerprint density at radius 3 is 2.57 bits per heavy atom. The molecule has 0 saturated heterocycles. The van der Waals surface area contributed by atoms with Gasteiger partial charge in [-0.05, 0) is 41.5 Å². The lowest BCUT2D eigenvalue weighted by Gasteiger charge is -2.05. The molecule has 0 unspecified atom stereocenters. The molecule has 0 atom stereocenters. The fraction of sp³-hybridized carbons (Fsp3) is 0.0417. The SMILES string of the molecule is O=C1C(=Cc2ccccc2Cl)Oc2cc(OCC=Cc3ccccc3)ccc21. The fourth-order valence-electron chi connectivity index (χ4n) is 2.88. The van der Waals surface area contributed by atoms with E-state index in [9.17, 15) is 4.79 Å². The van der Waals surface area contributed by atoms with Crippen molar-refractivity contribution in [1.82, 2.24) is 0 Å². The van der Waals surface area contributed by atoms with E-state index in [0.29, 0.717) is 28.7 Å². The molecule has 0 radical (unpaired) electrons. The molecule has 0 bridgehead atoms. The molecule has 0 aliphatic carbocycles. The van der Waals surface area contributed by atoms with Gasteiger partial charge >= 0.3 is 0 Å². The lowest BCUT2D eigenvalue weighted by Crippen LogP contribution is -1.98. The van der Waals surface area contributed by atoms with Crippen molar-refractivity contribution in [2.24, 2.45) is 0 Å². The lowest BCUT2D eigenvalue weighted by atomic mass is 10.1. The molecule has 138 valence electrons. The predicted molar refractivity (Wildman–Crippen MR) is 112 cm³/mol. The molecule has 0 aromatic heterocycles. The van der Waals surface area contributed by atoms with E-state index in [2.05, 4.69) is 0 Å². The summed E-state index contributed by atoms with van der Waals surface area (Å²) in [6.45, 7) is 0.421. The second kappa shape index (κ2) is 8.15. The van der Waals surface area contributed by atoms with Gasteiger partial charge in [0.15, 0.2) is 5.76 Å². The highest BCUT2D eigenvalue weighted by Gasteiger charge is 2.27. The standard InChI is InChI=1S/C24H17ClO3/c25-21-11-5-4-10-18(21)15-23-24(26)20-13-12-19(16-22(20)28-23)27-14-6-9-17-7-2-1-3-8-17/h1-13,15-16H,14H2. The Balaban J connectivity index is 1.45. The van der Waals surface area contributed by atoms with Gasteiger partial charge in [0.1, 0.15) is 18.1 Å². The van der Waals surface area contributed by atoms with E-state index in [0.717, 1.165) is 11.1 Å². The summed E-state index contributed by atoms with van der Waals surface area (Å²) < 4.78 is 11.5. The molecule has 0 spiro atoms. The van der Waals surface area contributed by atoms with Gasteiger partial charge in [0.05, 0.1) is 5.56 Å². The molecule has 4 rings (SSSR count). The molecule has 4 heteroatoms. The molecule has 3 aromatic carbocycles. The Bertz CT molecular complexity index is 1070. The first-order valence-electron chi connectivity index (χ1n) is 8.88. The fourth-order valence-corrected chi connectivity index (χ4v) is 3.07. The number of ether oxygens (including phenoxy) is 2. The molecular formula is C24H17ClO3. The third-order valence-electron chi connectivity index (χ3n) is 4.29. The molecule has 0 amide bonds. The molecule has 1 aliphatic heterocycles. The first kappa shape index (κ1) is 18.1. The highest BCUT2D eigenvalue weighted by molar-refractivity contribution is 6.32. The first-order valence-corrected chi connectivity index (χ1v) is 9.26. The number of rotatable bonds is 5. The maximum Gasteiger partial charge on any atom is 0.231 e. The van der Waals surface area contributed by atoms with E-state index >= 15 is 0 Å². The van der Waals surface area contributed by atoms with Crippen molar-refractivity contribution < 1.29 is 14.3 Å². The predicted octanol–water partition coefficient (Wildman–Crippen LogP) is 6.05. The van der Waals surface area contributed by atoms with Crippen molar-refractivity contribution in [2.75, 3.05) is 6.61 Å². The van der Waals surface area contributed by atoms with Crippen LogP contribution < -0.4 is 9.47 Å². The zero-order valence-electron chi connectivity index (χ0n) is 15.0. The first-order chi connectivity index (χ1) is 13.7. The third kappa shape index (κ3) is 4.00. The highest BCUT2D eigenvalue weighted by atomic mass is 35.5. The van der Waals surface area contributed by atoms with Crippen LogP contribution >= 0.6 is 11.6 Å². The van der Waals surface area contributed by atoms with E-state index in [1.807, 2.05) is 60.7 Å². The van der Waals surface area contributed by atoms with E-state index < -0.39 is 0 Å². The molecule has 28 heavy (non-hydrogen) atoms.